The van der Waals surface area contributed by atoms with Gasteiger partial charge < -0.3 is 19.3 Å². The van der Waals surface area contributed by atoms with Crippen molar-refractivity contribution in [2.75, 3.05) is 11.5 Å². The smallest absolute Gasteiger partial charge is 0.309 e. The number of carbonyl (C=O) groups is 2. The molecule has 1 aromatic heterocycles. The first-order valence-corrected chi connectivity index (χ1v) is 14.6. The van der Waals surface area contributed by atoms with Crippen LogP contribution in [0.3, 0.4) is 0 Å². The lowest BCUT2D eigenvalue weighted by Crippen LogP contribution is -2.40. The standard InChI is InChI=1S/C34H37ClN2O4/c1-5-8-28-29-18-27(41-21-26-17-24-9-6-7-10-30(24)37(26)22(2)38)15-16-31(29)36(20-23-11-13-25(35)14-12-23)32(28)19-34(3,4)33(39)40/h6-7,9-16,18,26H,5,8,17,19-21H2,1-4H3,(H,39,40)/t26-/m0/s1. The van der Waals surface area contributed by atoms with Crippen LogP contribution in [0.25, 0.3) is 10.9 Å². The summed E-state index contributed by atoms with van der Waals surface area (Å²) in [4.78, 5) is 26.5. The third-order valence-corrected chi connectivity index (χ3v) is 8.31. The Labute approximate surface area is 246 Å². The summed E-state index contributed by atoms with van der Waals surface area (Å²) in [7, 11) is 0. The predicted molar refractivity (Wildman–Crippen MR) is 164 cm³/mol. The molecule has 4 aromatic rings. The number of para-hydroxylation sites is 1. The second kappa shape index (κ2) is 11.6. The molecule has 0 bridgehead atoms. The van der Waals surface area contributed by atoms with E-state index in [2.05, 4.69) is 29.7 Å². The zero-order chi connectivity index (χ0) is 29.3. The zero-order valence-corrected chi connectivity index (χ0v) is 24.9. The number of anilines is 1. The molecule has 0 saturated carbocycles. The first-order chi connectivity index (χ1) is 19.6. The maximum Gasteiger partial charge on any atom is 0.309 e. The number of nitrogens with zero attached hydrogens (tertiary/aromatic N) is 2. The van der Waals surface area contributed by atoms with E-state index in [0.717, 1.165) is 64.0 Å². The van der Waals surface area contributed by atoms with Crippen LogP contribution in [0.5, 0.6) is 5.75 Å². The van der Waals surface area contributed by atoms with Gasteiger partial charge in [-0.2, -0.15) is 0 Å². The molecule has 6 nitrogen and oxygen atoms in total. The third kappa shape index (κ3) is 5.84. The summed E-state index contributed by atoms with van der Waals surface area (Å²) in [5.74, 6) is -0.0731. The number of rotatable bonds is 10. The molecule has 5 rings (SSSR count). The van der Waals surface area contributed by atoms with Crippen molar-refractivity contribution in [3.8, 4) is 5.75 Å². The van der Waals surface area contributed by atoms with Crippen LogP contribution < -0.4 is 9.64 Å². The van der Waals surface area contributed by atoms with Crippen LogP contribution in [-0.4, -0.2) is 34.2 Å². The fraction of sp³-hybridized carbons (Fsp3) is 0.353. The lowest BCUT2D eigenvalue weighted by Gasteiger charge is -2.24. The maximum atomic E-state index is 12.5. The molecule has 1 aliphatic rings. The number of halogens is 1. The second-order valence-electron chi connectivity index (χ2n) is 11.6. The van der Waals surface area contributed by atoms with E-state index in [1.165, 1.54) is 0 Å². The number of hydrogen-bond donors (Lipinski definition) is 1. The van der Waals surface area contributed by atoms with Gasteiger partial charge in [0.25, 0.3) is 0 Å². The van der Waals surface area contributed by atoms with Gasteiger partial charge in [0.1, 0.15) is 12.4 Å². The van der Waals surface area contributed by atoms with Gasteiger partial charge in [-0.25, -0.2) is 0 Å². The molecule has 41 heavy (non-hydrogen) atoms. The van der Waals surface area contributed by atoms with E-state index in [0.29, 0.717) is 24.6 Å². The summed E-state index contributed by atoms with van der Waals surface area (Å²) in [6.45, 7) is 8.29. The molecule has 1 atom stereocenters. The summed E-state index contributed by atoms with van der Waals surface area (Å²) in [5, 5.41) is 11.7. The minimum Gasteiger partial charge on any atom is -0.491 e. The van der Waals surface area contributed by atoms with E-state index in [4.69, 9.17) is 16.3 Å². The average molecular weight is 573 g/mol. The molecule has 0 saturated heterocycles. The van der Waals surface area contributed by atoms with E-state index in [-0.39, 0.29) is 11.9 Å². The highest BCUT2D eigenvalue weighted by Crippen LogP contribution is 2.36. The van der Waals surface area contributed by atoms with Crippen molar-refractivity contribution in [1.82, 2.24) is 4.57 Å². The Morgan fingerprint density at radius 3 is 2.49 bits per heavy atom. The molecule has 0 fully saturated rings. The Bertz CT molecular complexity index is 1590. The van der Waals surface area contributed by atoms with Crippen molar-refractivity contribution >= 4 is 40.1 Å². The molecule has 1 aliphatic heterocycles. The summed E-state index contributed by atoms with van der Waals surface area (Å²) >= 11 is 6.15. The molecular weight excluding hydrogens is 536 g/mol. The first-order valence-electron chi connectivity index (χ1n) is 14.2. The molecule has 2 heterocycles. The molecule has 1 N–H and O–H groups in total. The van der Waals surface area contributed by atoms with Crippen LogP contribution in [-0.2, 0) is 35.4 Å². The quantitative estimate of drug-likeness (QED) is 0.216. The normalized spacial score (nSPS) is 14.9. The topological polar surface area (TPSA) is 71.8 Å². The van der Waals surface area contributed by atoms with Gasteiger partial charge in [-0.15, -0.1) is 0 Å². The van der Waals surface area contributed by atoms with Crippen molar-refractivity contribution < 1.29 is 19.4 Å². The van der Waals surface area contributed by atoms with Crippen molar-refractivity contribution in [1.29, 1.82) is 0 Å². The minimum atomic E-state index is -0.929. The Hall–Kier alpha value is -3.77. The number of ether oxygens (including phenoxy) is 1. The van der Waals surface area contributed by atoms with Gasteiger partial charge in [0.2, 0.25) is 5.91 Å². The minimum absolute atomic E-state index is 0.00852. The van der Waals surface area contributed by atoms with Crippen LogP contribution in [0.15, 0.2) is 66.7 Å². The number of fused-ring (bicyclic) bond motifs is 2. The van der Waals surface area contributed by atoms with Gasteiger partial charge in [-0.05, 0) is 79.8 Å². The molecule has 0 spiro atoms. The Balaban J connectivity index is 1.51. The average Bonchev–Trinajstić information content (AvgIpc) is 3.44. The fourth-order valence-corrected chi connectivity index (χ4v) is 6.06. The monoisotopic (exact) mass is 572 g/mol. The molecule has 0 radical (unpaired) electrons. The highest BCUT2D eigenvalue weighted by molar-refractivity contribution is 6.30. The number of carboxylic acids is 1. The van der Waals surface area contributed by atoms with E-state index >= 15 is 0 Å². The van der Waals surface area contributed by atoms with Crippen LogP contribution in [0.1, 0.15) is 56.5 Å². The molecule has 0 unspecified atom stereocenters. The largest absolute Gasteiger partial charge is 0.491 e. The highest BCUT2D eigenvalue weighted by atomic mass is 35.5. The number of carbonyl (C=O) groups excluding carboxylic acids is 1. The van der Waals surface area contributed by atoms with Gasteiger partial charge in [0.05, 0.1) is 11.5 Å². The predicted octanol–water partition coefficient (Wildman–Crippen LogP) is 7.31. The number of aromatic nitrogens is 1. The zero-order valence-electron chi connectivity index (χ0n) is 24.1. The van der Waals surface area contributed by atoms with E-state index < -0.39 is 11.4 Å². The van der Waals surface area contributed by atoms with Gasteiger partial charge >= 0.3 is 5.97 Å². The van der Waals surface area contributed by atoms with Crippen LogP contribution in [0, 0.1) is 5.41 Å². The fourth-order valence-electron chi connectivity index (χ4n) is 5.94. The lowest BCUT2D eigenvalue weighted by molar-refractivity contribution is -0.146. The van der Waals surface area contributed by atoms with Gasteiger partial charge in [-0.1, -0.05) is 55.3 Å². The van der Waals surface area contributed by atoms with E-state index in [1.807, 2.05) is 53.4 Å². The van der Waals surface area contributed by atoms with Gasteiger partial charge in [0.15, 0.2) is 0 Å². The van der Waals surface area contributed by atoms with Gasteiger partial charge in [-0.3, -0.25) is 9.59 Å². The van der Waals surface area contributed by atoms with Crippen molar-refractivity contribution in [2.45, 2.75) is 66.0 Å². The van der Waals surface area contributed by atoms with Gasteiger partial charge in [0, 0.05) is 47.2 Å². The summed E-state index contributed by atoms with van der Waals surface area (Å²) in [6.07, 6.45) is 2.92. The van der Waals surface area contributed by atoms with E-state index in [1.54, 1.807) is 20.8 Å². The van der Waals surface area contributed by atoms with Crippen molar-refractivity contribution in [3.63, 3.8) is 0 Å². The molecule has 7 heteroatoms. The Morgan fingerprint density at radius 2 is 1.80 bits per heavy atom. The number of hydrogen-bond acceptors (Lipinski definition) is 3. The Kier molecular flexibility index (Phi) is 8.14. The first kappa shape index (κ1) is 28.7. The van der Waals surface area contributed by atoms with E-state index in [9.17, 15) is 14.7 Å². The maximum absolute atomic E-state index is 12.5. The van der Waals surface area contributed by atoms with Crippen molar-refractivity contribution in [2.24, 2.45) is 5.41 Å². The molecule has 1 amide bonds. The van der Waals surface area contributed by atoms with Crippen molar-refractivity contribution in [3.05, 3.63) is 94.1 Å². The number of amides is 1. The molecular formula is C34H37ClN2O4. The number of benzene rings is 3. The number of aliphatic carboxylic acids is 1. The van der Waals surface area contributed by atoms with Crippen LogP contribution in [0.2, 0.25) is 5.02 Å². The van der Waals surface area contributed by atoms with Crippen LogP contribution in [0.4, 0.5) is 5.69 Å². The second-order valence-corrected chi connectivity index (χ2v) is 12.1. The highest BCUT2D eigenvalue weighted by Gasteiger charge is 2.33. The SMILES string of the molecule is CCCc1c(CC(C)(C)C(=O)O)n(Cc2ccc(Cl)cc2)c2ccc(OC[C@@H]3Cc4ccccc4N3C(C)=O)cc12. The summed E-state index contributed by atoms with van der Waals surface area (Å²) in [6, 6.07) is 21.9. The number of carboxylic acid groups (broad SMARTS) is 1. The molecule has 3 aromatic carbocycles. The summed E-state index contributed by atoms with van der Waals surface area (Å²) in [5.41, 5.74) is 5.52. The third-order valence-electron chi connectivity index (χ3n) is 8.05. The van der Waals surface area contributed by atoms with Crippen LogP contribution >= 0.6 is 11.6 Å². The molecule has 0 aliphatic carbocycles. The molecule has 214 valence electrons. The summed E-state index contributed by atoms with van der Waals surface area (Å²) < 4.78 is 8.60. The number of aryl methyl sites for hydroxylation is 1. The lowest BCUT2D eigenvalue weighted by atomic mass is 9.86. The Morgan fingerprint density at radius 1 is 1.07 bits per heavy atom.